The number of benzene rings is 3. The Hall–Kier alpha value is -4.00. The summed E-state index contributed by atoms with van der Waals surface area (Å²) in [4.78, 5) is 51.2. The molecule has 32 heavy (non-hydrogen) atoms. The minimum atomic E-state index is -0.709. The molecule has 0 aromatic heterocycles. The van der Waals surface area contributed by atoms with E-state index in [1.165, 1.54) is 4.90 Å². The molecule has 3 aromatic carbocycles. The van der Waals surface area contributed by atoms with Crippen LogP contribution in [0.4, 0.5) is 0 Å². The Labute approximate surface area is 184 Å². The van der Waals surface area contributed by atoms with Crippen LogP contribution in [0.1, 0.15) is 44.7 Å². The highest BCUT2D eigenvalue weighted by molar-refractivity contribution is 6.07. The lowest BCUT2D eigenvalue weighted by molar-refractivity contribution is -0.136. The van der Waals surface area contributed by atoms with Crippen LogP contribution in [-0.2, 0) is 22.7 Å². The smallest absolute Gasteiger partial charge is 0.255 e. The van der Waals surface area contributed by atoms with Crippen molar-refractivity contribution < 1.29 is 19.2 Å². The van der Waals surface area contributed by atoms with Gasteiger partial charge in [0.15, 0.2) is 0 Å². The molecule has 5 rings (SSSR count). The molecule has 1 unspecified atom stereocenters. The van der Waals surface area contributed by atoms with E-state index in [4.69, 9.17) is 0 Å². The molecule has 160 valence electrons. The third-order valence-corrected chi connectivity index (χ3v) is 6.15. The predicted octanol–water partition coefficient (Wildman–Crippen LogP) is 2.53. The van der Waals surface area contributed by atoms with Crippen molar-refractivity contribution in [2.45, 2.75) is 32.0 Å². The number of fused-ring (bicyclic) bond motifs is 2. The Kier molecular flexibility index (Phi) is 4.93. The third-order valence-electron chi connectivity index (χ3n) is 6.15. The van der Waals surface area contributed by atoms with Gasteiger partial charge in [-0.3, -0.25) is 24.5 Å². The number of amides is 4. The van der Waals surface area contributed by atoms with E-state index in [1.807, 2.05) is 42.5 Å². The first-order valence-electron chi connectivity index (χ1n) is 10.5. The number of piperidine rings is 1. The number of carbonyl (C=O) groups excluding carboxylic acids is 4. The molecule has 2 heterocycles. The molecule has 4 amide bonds. The molecule has 2 N–H and O–H groups in total. The maximum absolute atomic E-state index is 13.0. The largest absolute Gasteiger partial charge is 0.348 e. The van der Waals surface area contributed by atoms with Gasteiger partial charge in [-0.1, -0.05) is 48.5 Å². The van der Waals surface area contributed by atoms with Gasteiger partial charge in [0, 0.05) is 30.6 Å². The van der Waals surface area contributed by atoms with Gasteiger partial charge < -0.3 is 10.2 Å². The van der Waals surface area contributed by atoms with E-state index in [9.17, 15) is 19.2 Å². The Balaban J connectivity index is 1.36. The standard InChI is InChI=1S/C25H21N3O4/c29-22-12-11-21(24(31)27-22)28-14-20-18(9-4-10-19(20)25(28)32)23(30)26-13-16-7-3-6-15-5-1-2-8-17(15)16/h1-10,21H,11-14H2,(H,26,30)(H,27,29,31). The lowest BCUT2D eigenvalue weighted by Crippen LogP contribution is -2.52. The lowest BCUT2D eigenvalue weighted by atomic mass is 10.0. The molecule has 1 saturated heterocycles. The van der Waals surface area contributed by atoms with Crippen molar-refractivity contribution >= 4 is 34.4 Å². The van der Waals surface area contributed by atoms with Crippen molar-refractivity contribution in [2.75, 3.05) is 0 Å². The fourth-order valence-corrected chi connectivity index (χ4v) is 4.52. The van der Waals surface area contributed by atoms with Crippen LogP contribution >= 0.6 is 0 Å². The molecule has 2 aliphatic heterocycles. The molecule has 1 fully saturated rings. The van der Waals surface area contributed by atoms with Crippen molar-refractivity contribution in [3.05, 3.63) is 82.9 Å². The van der Waals surface area contributed by atoms with Crippen molar-refractivity contribution in [1.82, 2.24) is 15.5 Å². The highest BCUT2D eigenvalue weighted by Gasteiger charge is 2.40. The normalized spacial score (nSPS) is 17.9. The maximum atomic E-state index is 13.0. The highest BCUT2D eigenvalue weighted by Crippen LogP contribution is 2.30. The summed E-state index contributed by atoms with van der Waals surface area (Å²) < 4.78 is 0. The molecule has 0 radical (unpaired) electrons. The Morgan fingerprint density at radius 2 is 1.78 bits per heavy atom. The predicted molar refractivity (Wildman–Crippen MR) is 118 cm³/mol. The van der Waals surface area contributed by atoms with E-state index >= 15 is 0 Å². The minimum Gasteiger partial charge on any atom is -0.348 e. The molecular weight excluding hydrogens is 406 g/mol. The summed E-state index contributed by atoms with van der Waals surface area (Å²) in [5.41, 5.74) is 2.46. The van der Waals surface area contributed by atoms with Crippen LogP contribution in [0.15, 0.2) is 60.7 Å². The zero-order valence-electron chi connectivity index (χ0n) is 17.3. The Morgan fingerprint density at radius 3 is 2.62 bits per heavy atom. The van der Waals surface area contributed by atoms with Crippen molar-refractivity contribution in [1.29, 1.82) is 0 Å². The molecule has 0 bridgehead atoms. The molecular formula is C25H21N3O4. The zero-order chi connectivity index (χ0) is 22.2. The summed E-state index contributed by atoms with van der Waals surface area (Å²) in [6, 6.07) is 18.3. The lowest BCUT2D eigenvalue weighted by Gasteiger charge is -2.29. The number of hydrogen-bond donors (Lipinski definition) is 2. The number of nitrogens with one attached hydrogen (secondary N) is 2. The molecule has 3 aromatic rings. The average molecular weight is 427 g/mol. The number of hydrogen-bond acceptors (Lipinski definition) is 4. The van der Waals surface area contributed by atoms with Gasteiger partial charge in [-0.05, 0) is 40.5 Å². The van der Waals surface area contributed by atoms with Crippen LogP contribution < -0.4 is 10.6 Å². The summed E-state index contributed by atoms with van der Waals surface area (Å²) in [5, 5.41) is 7.44. The van der Waals surface area contributed by atoms with Crippen molar-refractivity contribution in [3.63, 3.8) is 0 Å². The van der Waals surface area contributed by atoms with E-state index in [2.05, 4.69) is 10.6 Å². The van der Waals surface area contributed by atoms with Crippen LogP contribution in [-0.4, -0.2) is 34.6 Å². The average Bonchev–Trinajstić information content (AvgIpc) is 3.14. The van der Waals surface area contributed by atoms with E-state index in [1.54, 1.807) is 18.2 Å². The topological polar surface area (TPSA) is 95.6 Å². The summed E-state index contributed by atoms with van der Waals surface area (Å²) in [6.45, 7) is 0.521. The number of imide groups is 1. The fraction of sp³-hybridized carbons (Fsp3) is 0.200. The second-order valence-corrected chi connectivity index (χ2v) is 8.05. The third kappa shape index (κ3) is 3.41. The van der Waals surface area contributed by atoms with E-state index in [0.717, 1.165) is 16.3 Å². The minimum absolute atomic E-state index is 0.165. The van der Waals surface area contributed by atoms with Crippen molar-refractivity contribution in [2.24, 2.45) is 0 Å². The first kappa shape index (κ1) is 19.9. The van der Waals surface area contributed by atoms with Crippen LogP contribution in [0.25, 0.3) is 10.8 Å². The molecule has 0 spiro atoms. The van der Waals surface area contributed by atoms with E-state index in [-0.39, 0.29) is 37.1 Å². The second kappa shape index (κ2) is 7.92. The van der Waals surface area contributed by atoms with Gasteiger partial charge in [-0.25, -0.2) is 0 Å². The van der Waals surface area contributed by atoms with Gasteiger partial charge in [0.25, 0.3) is 11.8 Å². The Bertz CT molecular complexity index is 1280. The monoisotopic (exact) mass is 427 g/mol. The SMILES string of the molecule is O=C1CCC(N2Cc3c(C(=O)NCc4cccc5ccccc45)cccc3C2=O)C(=O)N1. The highest BCUT2D eigenvalue weighted by atomic mass is 16.2. The number of carbonyl (C=O) groups is 4. The van der Waals surface area contributed by atoms with Gasteiger partial charge in [0.2, 0.25) is 11.8 Å². The van der Waals surface area contributed by atoms with E-state index < -0.39 is 11.9 Å². The first-order valence-corrected chi connectivity index (χ1v) is 10.5. The van der Waals surface area contributed by atoms with Crippen LogP contribution in [0.5, 0.6) is 0 Å². The summed E-state index contributed by atoms with van der Waals surface area (Å²) in [5.74, 6) is -1.36. The number of nitrogens with zero attached hydrogens (tertiary/aromatic N) is 1. The number of rotatable bonds is 4. The summed E-state index contributed by atoms with van der Waals surface area (Å²) >= 11 is 0. The molecule has 7 nitrogen and oxygen atoms in total. The van der Waals surface area contributed by atoms with Crippen molar-refractivity contribution in [3.8, 4) is 0 Å². The van der Waals surface area contributed by atoms with Crippen LogP contribution in [0, 0.1) is 0 Å². The van der Waals surface area contributed by atoms with Gasteiger partial charge >= 0.3 is 0 Å². The quantitative estimate of drug-likeness (QED) is 0.626. The molecule has 2 aliphatic rings. The Morgan fingerprint density at radius 1 is 1.00 bits per heavy atom. The van der Waals surface area contributed by atoms with Crippen LogP contribution in [0.2, 0.25) is 0 Å². The fourth-order valence-electron chi connectivity index (χ4n) is 4.52. The molecule has 0 saturated carbocycles. The van der Waals surface area contributed by atoms with E-state index in [0.29, 0.717) is 23.2 Å². The zero-order valence-corrected chi connectivity index (χ0v) is 17.3. The first-order chi connectivity index (χ1) is 15.5. The van der Waals surface area contributed by atoms with Gasteiger partial charge in [-0.2, -0.15) is 0 Å². The summed E-state index contributed by atoms with van der Waals surface area (Å²) in [7, 11) is 0. The second-order valence-electron chi connectivity index (χ2n) is 8.05. The van der Waals surface area contributed by atoms with Gasteiger partial charge in [0.05, 0.1) is 0 Å². The van der Waals surface area contributed by atoms with Crippen LogP contribution in [0.3, 0.4) is 0 Å². The maximum Gasteiger partial charge on any atom is 0.255 e. The summed E-state index contributed by atoms with van der Waals surface area (Å²) in [6.07, 6.45) is 0.474. The van der Waals surface area contributed by atoms with Gasteiger partial charge in [-0.15, -0.1) is 0 Å². The molecule has 0 aliphatic carbocycles. The molecule has 7 heteroatoms. The molecule has 1 atom stereocenters. The van der Waals surface area contributed by atoms with Gasteiger partial charge in [0.1, 0.15) is 6.04 Å².